The van der Waals surface area contributed by atoms with Crippen molar-refractivity contribution in [3.8, 4) is 0 Å². The first-order valence-electron chi connectivity index (χ1n) is 5.83. The number of likely N-dealkylation sites (N-methyl/N-ethyl adjacent to an activating group) is 1. The minimum absolute atomic E-state index is 0.0180. The molecule has 0 atom stereocenters. The number of para-hydroxylation sites is 2. The van der Waals surface area contributed by atoms with Crippen LogP contribution in [-0.4, -0.2) is 26.0 Å². The summed E-state index contributed by atoms with van der Waals surface area (Å²) < 4.78 is 0. The minimum atomic E-state index is 0.0180. The van der Waals surface area contributed by atoms with Crippen LogP contribution >= 0.6 is 0 Å². The van der Waals surface area contributed by atoms with E-state index in [-0.39, 0.29) is 5.91 Å². The fourth-order valence-electron chi connectivity index (χ4n) is 1.51. The van der Waals surface area contributed by atoms with Crippen LogP contribution in [0.3, 0.4) is 0 Å². The summed E-state index contributed by atoms with van der Waals surface area (Å²) in [5, 5.41) is 2.88. The molecule has 0 saturated carbocycles. The average Bonchev–Trinajstić information content (AvgIpc) is 2.26. The molecule has 0 spiro atoms. The molecule has 1 rings (SSSR count). The van der Waals surface area contributed by atoms with Gasteiger partial charge in [0.1, 0.15) is 0 Å². The molecule has 0 aliphatic heterocycles. The summed E-state index contributed by atoms with van der Waals surface area (Å²) in [5.74, 6) is 0.482. The third kappa shape index (κ3) is 4.34. The predicted molar refractivity (Wildman–Crippen MR) is 72.0 cm³/mol. The molecular formula is C13H21N3O. The maximum absolute atomic E-state index is 11.6. The first-order valence-corrected chi connectivity index (χ1v) is 5.83. The molecule has 0 radical (unpaired) electrons. The van der Waals surface area contributed by atoms with E-state index >= 15 is 0 Å². The van der Waals surface area contributed by atoms with Crippen molar-refractivity contribution in [2.45, 2.75) is 13.8 Å². The summed E-state index contributed by atoms with van der Waals surface area (Å²) in [6.45, 7) is 5.16. The van der Waals surface area contributed by atoms with E-state index in [0.717, 1.165) is 5.69 Å². The van der Waals surface area contributed by atoms with Crippen LogP contribution in [0.1, 0.15) is 13.8 Å². The molecule has 1 amide bonds. The molecule has 0 bridgehead atoms. The highest BCUT2D eigenvalue weighted by Gasteiger charge is 2.09. The first-order chi connectivity index (χ1) is 8.00. The molecule has 17 heavy (non-hydrogen) atoms. The Kier molecular flexibility index (Phi) is 4.82. The fourth-order valence-corrected chi connectivity index (χ4v) is 1.51. The molecule has 1 aromatic carbocycles. The maximum Gasteiger partial charge on any atom is 0.239 e. The van der Waals surface area contributed by atoms with Crippen molar-refractivity contribution in [3.63, 3.8) is 0 Å². The van der Waals surface area contributed by atoms with Crippen LogP contribution in [0.5, 0.6) is 0 Å². The summed E-state index contributed by atoms with van der Waals surface area (Å²) in [6, 6.07) is 7.53. The van der Waals surface area contributed by atoms with Gasteiger partial charge in [-0.15, -0.1) is 0 Å². The Morgan fingerprint density at radius 2 is 2.06 bits per heavy atom. The quantitative estimate of drug-likeness (QED) is 0.760. The molecule has 1 aromatic rings. The van der Waals surface area contributed by atoms with Gasteiger partial charge in [0.15, 0.2) is 0 Å². The highest BCUT2D eigenvalue weighted by molar-refractivity contribution is 5.82. The topological polar surface area (TPSA) is 58.4 Å². The average molecular weight is 235 g/mol. The third-order valence-electron chi connectivity index (χ3n) is 2.44. The van der Waals surface area contributed by atoms with E-state index in [1.165, 1.54) is 0 Å². The predicted octanol–water partition coefficient (Wildman–Crippen LogP) is 1.48. The molecule has 0 aromatic heterocycles. The Labute approximate surface area is 103 Å². The first kappa shape index (κ1) is 13.4. The number of anilines is 2. The molecule has 0 aliphatic carbocycles. The van der Waals surface area contributed by atoms with Crippen molar-refractivity contribution in [3.05, 3.63) is 24.3 Å². The van der Waals surface area contributed by atoms with E-state index in [2.05, 4.69) is 19.2 Å². The number of rotatable bonds is 5. The lowest BCUT2D eigenvalue weighted by Crippen LogP contribution is -2.37. The maximum atomic E-state index is 11.6. The number of carbonyl (C=O) groups excluding carboxylic acids is 1. The number of nitrogens with zero attached hydrogens (tertiary/aromatic N) is 1. The van der Waals surface area contributed by atoms with Crippen LogP contribution in [-0.2, 0) is 4.79 Å². The van der Waals surface area contributed by atoms with Gasteiger partial charge in [0.05, 0.1) is 17.9 Å². The van der Waals surface area contributed by atoms with Crippen molar-refractivity contribution in [1.29, 1.82) is 0 Å². The van der Waals surface area contributed by atoms with E-state index in [1.54, 1.807) is 0 Å². The molecule has 0 saturated heterocycles. The molecule has 0 fully saturated rings. The van der Waals surface area contributed by atoms with E-state index < -0.39 is 0 Å². The smallest absolute Gasteiger partial charge is 0.239 e. The Morgan fingerprint density at radius 3 is 2.65 bits per heavy atom. The van der Waals surface area contributed by atoms with E-state index in [1.807, 2.05) is 36.2 Å². The zero-order chi connectivity index (χ0) is 12.8. The number of nitrogens with one attached hydrogen (secondary N) is 1. The number of nitrogens with two attached hydrogens (primary N) is 1. The summed E-state index contributed by atoms with van der Waals surface area (Å²) in [5.41, 5.74) is 7.41. The molecule has 3 N–H and O–H groups in total. The second kappa shape index (κ2) is 6.13. The second-order valence-corrected chi connectivity index (χ2v) is 4.61. The van der Waals surface area contributed by atoms with Crippen LogP contribution in [0.4, 0.5) is 11.4 Å². The number of nitrogen functional groups attached to an aromatic ring is 1. The number of hydrogen-bond donors (Lipinski definition) is 2. The zero-order valence-electron chi connectivity index (χ0n) is 10.7. The second-order valence-electron chi connectivity index (χ2n) is 4.61. The molecule has 94 valence electrons. The van der Waals surface area contributed by atoms with Crippen molar-refractivity contribution in [2.75, 3.05) is 30.8 Å². The van der Waals surface area contributed by atoms with Gasteiger partial charge in [-0.05, 0) is 18.1 Å². The van der Waals surface area contributed by atoms with Gasteiger partial charge in [-0.1, -0.05) is 26.0 Å². The van der Waals surface area contributed by atoms with Gasteiger partial charge in [0.2, 0.25) is 5.91 Å². The van der Waals surface area contributed by atoms with Gasteiger partial charge in [0.25, 0.3) is 0 Å². The van der Waals surface area contributed by atoms with Gasteiger partial charge in [-0.2, -0.15) is 0 Å². The monoisotopic (exact) mass is 235 g/mol. The number of amides is 1. The summed E-state index contributed by atoms with van der Waals surface area (Å²) >= 11 is 0. The largest absolute Gasteiger partial charge is 0.397 e. The van der Waals surface area contributed by atoms with E-state index in [0.29, 0.717) is 24.7 Å². The number of hydrogen-bond acceptors (Lipinski definition) is 3. The standard InChI is InChI=1S/C13H21N3O/c1-10(2)8-15-13(17)9-16(3)12-7-5-4-6-11(12)14/h4-7,10H,8-9,14H2,1-3H3,(H,15,17). The third-order valence-corrected chi connectivity index (χ3v) is 2.44. The lowest BCUT2D eigenvalue weighted by molar-refractivity contribution is -0.119. The molecular weight excluding hydrogens is 214 g/mol. The summed E-state index contributed by atoms with van der Waals surface area (Å²) in [7, 11) is 1.86. The van der Waals surface area contributed by atoms with Crippen molar-refractivity contribution < 1.29 is 4.79 Å². The lowest BCUT2D eigenvalue weighted by Gasteiger charge is -2.20. The summed E-state index contributed by atoms with van der Waals surface area (Å²) in [4.78, 5) is 13.5. The highest BCUT2D eigenvalue weighted by atomic mass is 16.2. The SMILES string of the molecule is CC(C)CNC(=O)CN(C)c1ccccc1N. The fraction of sp³-hybridized carbons (Fsp3) is 0.462. The Morgan fingerprint density at radius 1 is 1.41 bits per heavy atom. The molecule has 4 heteroatoms. The van der Waals surface area contributed by atoms with Gasteiger partial charge in [-0.3, -0.25) is 4.79 Å². The molecule has 0 aliphatic rings. The van der Waals surface area contributed by atoms with Crippen molar-refractivity contribution in [1.82, 2.24) is 5.32 Å². The van der Waals surface area contributed by atoms with Crippen LogP contribution < -0.4 is 16.0 Å². The van der Waals surface area contributed by atoms with Gasteiger partial charge in [0, 0.05) is 13.6 Å². The molecule has 0 heterocycles. The van der Waals surface area contributed by atoms with Crippen LogP contribution in [0.15, 0.2) is 24.3 Å². The van der Waals surface area contributed by atoms with E-state index in [9.17, 15) is 4.79 Å². The Bertz CT molecular complexity index is 377. The normalized spacial score (nSPS) is 10.4. The Balaban J connectivity index is 2.52. The van der Waals surface area contributed by atoms with Gasteiger partial charge < -0.3 is 16.0 Å². The van der Waals surface area contributed by atoms with Crippen molar-refractivity contribution in [2.24, 2.45) is 5.92 Å². The Hall–Kier alpha value is -1.71. The van der Waals surface area contributed by atoms with Crippen molar-refractivity contribution >= 4 is 17.3 Å². The molecule has 0 unspecified atom stereocenters. The van der Waals surface area contributed by atoms with Gasteiger partial charge in [-0.25, -0.2) is 0 Å². The number of benzene rings is 1. The van der Waals surface area contributed by atoms with Gasteiger partial charge >= 0.3 is 0 Å². The van der Waals surface area contributed by atoms with Crippen LogP contribution in [0.25, 0.3) is 0 Å². The number of carbonyl (C=O) groups is 1. The minimum Gasteiger partial charge on any atom is -0.397 e. The highest BCUT2D eigenvalue weighted by Crippen LogP contribution is 2.20. The van der Waals surface area contributed by atoms with Crippen LogP contribution in [0.2, 0.25) is 0 Å². The molecule has 4 nitrogen and oxygen atoms in total. The van der Waals surface area contributed by atoms with E-state index in [4.69, 9.17) is 5.73 Å². The summed E-state index contributed by atoms with van der Waals surface area (Å²) in [6.07, 6.45) is 0. The van der Waals surface area contributed by atoms with Crippen LogP contribution in [0, 0.1) is 5.92 Å². The lowest BCUT2D eigenvalue weighted by atomic mass is 10.2. The zero-order valence-corrected chi connectivity index (χ0v) is 10.7.